The predicted octanol–water partition coefficient (Wildman–Crippen LogP) is 2.22. The summed E-state index contributed by atoms with van der Waals surface area (Å²) in [6, 6.07) is 0. The Morgan fingerprint density at radius 2 is 1.90 bits per heavy atom. The molecule has 1 atom stereocenters. The van der Waals surface area contributed by atoms with E-state index in [0.717, 1.165) is 0 Å². The molecule has 0 heterocycles. The summed E-state index contributed by atoms with van der Waals surface area (Å²) in [6.07, 6.45) is -4.82. The Balaban J connectivity index is 3.47. The van der Waals surface area contributed by atoms with Crippen LogP contribution >= 0.6 is 0 Å². The summed E-state index contributed by atoms with van der Waals surface area (Å²) in [7, 11) is 1.40. The molecule has 4 heteroatoms. The highest BCUT2D eigenvalue weighted by molar-refractivity contribution is 4.57. The zero-order valence-corrected chi connectivity index (χ0v) is 6.03. The lowest BCUT2D eigenvalue weighted by Gasteiger charge is -2.11. The Bertz CT molecular complexity index is 89.5. The maximum Gasteiger partial charge on any atom is 0.389 e. The molecule has 0 saturated carbocycles. The topological polar surface area (TPSA) is 9.23 Å². The molecule has 0 rings (SSSR count). The van der Waals surface area contributed by atoms with Crippen molar-refractivity contribution in [2.24, 2.45) is 5.92 Å². The van der Waals surface area contributed by atoms with Crippen molar-refractivity contribution in [1.29, 1.82) is 0 Å². The summed E-state index contributed by atoms with van der Waals surface area (Å²) < 4.78 is 39.3. The van der Waals surface area contributed by atoms with E-state index in [-0.39, 0.29) is 6.61 Å². The molecular formula is C6H11F3O. The van der Waals surface area contributed by atoms with Crippen molar-refractivity contribution < 1.29 is 17.9 Å². The molecule has 0 aromatic carbocycles. The summed E-state index contributed by atoms with van der Waals surface area (Å²) in [5, 5.41) is 0. The SMILES string of the molecule is COC[C@@H](C)CC(F)(F)F. The van der Waals surface area contributed by atoms with Gasteiger partial charge in [-0.3, -0.25) is 0 Å². The van der Waals surface area contributed by atoms with Gasteiger partial charge < -0.3 is 4.74 Å². The highest BCUT2D eigenvalue weighted by Crippen LogP contribution is 2.24. The molecule has 0 unspecified atom stereocenters. The normalized spacial score (nSPS) is 15.3. The molecule has 10 heavy (non-hydrogen) atoms. The molecule has 0 spiro atoms. The zero-order valence-electron chi connectivity index (χ0n) is 6.03. The standard InChI is InChI=1S/C6H11F3O/c1-5(4-10-2)3-6(7,8)9/h5H,3-4H2,1-2H3/t5-/m0/s1. The molecule has 0 fully saturated rings. The van der Waals surface area contributed by atoms with Gasteiger partial charge in [0.2, 0.25) is 0 Å². The third kappa shape index (κ3) is 5.88. The quantitative estimate of drug-likeness (QED) is 0.608. The predicted molar refractivity (Wildman–Crippen MR) is 31.7 cm³/mol. The molecule has 0 aliphatic heterocycles. The number of halogens is 3. The number of alkyl halides is 3. The Labute approximate surface area is 58.2 Å². The van der Waals surface area contributed by atoms with E-state index in [9.17, 15) is 13.2 Å². The number of methoxy groups -OCH3 is 1. The first-order chi connectivity index (χ1) is 4.45. The molecule has 0 N–H and O–H groups in total. The van der Waals surface area contributed by atoms with Gasteiger partial charge in [0.1, 0.15) is 0 Å². The van der Waals surface area contributed by atoms with E-state index in [0.29, 0.717) is 0 Å². The first-order valence-electron chi connectivity index (χ1n) is 3.01. The van der Waals surface area contributed by atoms with Crippen LogP contribution in [0.15, 0.2) is 0 Å². The molecule has 0 aliphatic rings. The van der Waals surface area contributed by atoms with Crippen LogP contribution in [0, 0.1) is 5.92 Å². The van der Waals surface area contributed by atoms with Crippen molar-refractivity contribution in [3.63, 3.8) is 0 Å². The van der Waals surface area contributed by atoms with Crippen molar-refractivity contribution >= 4 is 0 Å². The van der Waals surface area contributed by atoms with E-state index in [4.69, 9.17) is 0 Å². The van der Waals surface area contributed by atoms with Crippen molar-refractivity contribution in [3.8, 4) is 0 Å². The van der Waals surface area contributed by atoms with E-state index < -0.39 is 18.5 Å². The van der Waals surface area contributed by atoms with Crippen molar-refractivity contribution in [1.82, 2.24) is 0 Å². The minimum absolute atomic E-state index is 0.166. The fourth-order valence-corrected chi connectivity index (χ4v) is 0.739. The lowest BCUT2D eigenvalue weighted by molar-refractivity contribution is -0.146. The Morgan fingerprint density at radius 1 is 1.40 bits per heavy atom. The first kappa shape index (κ1) is 9.75. The van der Waals surface area contributed by atoms with Crippen molar-refractivity contribution in [2.75, 3.05) is 13.7 Å². The highest BCUT2D eigenvalue weighted by Gasteiger charge is 2.29. The van der Waals surface area contributed by atoms with Gasteiger partial charge in [-0.1, -0.05) is 6.92 Å². The molecular weight excluding hydrogens is 145 g/mol. The van der Waals surface area contributed by atoms with Gasteiger partial charge >= 0.3 is 6.18 Å². The molecule has 0 bridgehead atoms. The first-order valence-corrected chi connectivity index (χ1v) is 3.01. The summed E-state index contributed by atoms with van der Waals surface area (Å²) in [5.41, 5.74) is 0. The van der Waals surface area contributed by atoms with E-state index in [1.807, 2.05) is 0 Å². The Hall–Kier alpha value is -0.250. The van der Waals surface area contributed by atoms with Gasteiger partial charge in [-0.25, -0.2) is 0 Å². The monoisotopic (exact) mass is 156 g/mol. The van der Waals surface area contributed by atoms with Crippen LogP contribution < -0.4 is 0 Å². The average Bonchev–Trinajstić information content (AvgIpc) is 1.59. The van der Waals surface area contributed by atoms with E-state index >= 15 is 0 Å². The van der Waals surface area contributed by atoms with E-state index in [1.165, 1.54) is 14.0 Å². The lowest BCUT2D eigenvalue weighted by atomic mass is 10.1. The number of ether oxygens (including phenoxy) is 1. The van der Waals surface area contributed by atoms with Gasteiger partial charge in [-0.05, 0) is 5.92 Å². The van der Waals surface area contributed by atoms with Crippen molar-refractivity contribution in [2.45, 2.75) is 19.5 Å². The summed E-state index contributed by atoms with van der Waals surface area (Å²) >= 11 is 0. The van der Waals surface area contributed by atoms with Crippen molar-refractivity contribution in [3.05, 3.63) is 0 Å². The number of hydrogen-bond acceptors (Lipinski definition) is 1. The molecule has 1 nitrogen and oxygen atoms in total. The summed E-state index contributed by atoms with van der Waals surface area (Å²) in [5.74, 6) is -0.440. The van der Waals surface area contributed by atoms with Gasteiger partial charge in [-0.2, -0.15) is 13.2 Å². The highest BCUT2D eigenvalue weighted by atomic mass is 19.4. The van der Waals surface area contributed by atoms with Crippen LogP contribution in [0.4, 0.5) is 13.2 Å². The Morgan fingerprint density at radius 3 is 2.20 bits per heavy atom. The Kier molecular flexibility index (Phi) is 3.71. The minimum atomic E-state index is -4.06. The summed E-state index contributed by atoms with van der Waals surface area (Å²) in [6.45, 7) is 1.68. The van der Waals surface area contributed by atoms with Crippen LogP contribution in [0.25, 0.3) is 0 Å². The van der Waals surface area contributed by atoms with Crippen LogP contribution in [-0.4, -0.2) is 19.9 Å². The fraction of sp³-hybridized carbons (Fsp3) is 1.00. The van der Waals surface area contributed by atoms with Gasteiger partial charge in [0, 0.05) is 20.1 Å². The molecule has 0 saturated heterocycles. The second-order valence-electron chi connectivity index (χ2n) is 2.38. The van der Waals surface area contributed by atoms with Crippen LogP contribution in [0.5, 0.6) is 0 Å². The molecule has 0 aromatic heterocycles. The average molecular weight is 156 g/mol. The maximum atomic E-state index is 11.6. The minimum Gasteiger partial charge on any atom is -0.384 e. The lowest BCUT2D eigenvalue weighted by Crippen LogP contribution is -2.16. The molecule has 0 radical (unpaired) electrons. The molecule has 62 valence electrons. The van der Waals surface area contributed by atoms with Gasteiger partial charge in [0.25, 0.3) is 0 Å². The van der Waals surface area contributed by atoms with E-state index in [1.54, 1.807) is 0 Å². The van der Waals surface area contributed by atoms with E-state index in [2.05, 4.69) is 4.74 Å². The third-order valence-electron chi connectivity index (χ3n) is 1.03. The number of rotatable bonds is 3. The van der Waals surface area contributed by atoms with Crippen LogP contribution in [0.2, 0.25) is 0 Å². The summed E-state index contributed by atoms with van der Waals surface area (Å²) in [4.78, 5) is 0. The smallest absolute Gasteiger partial charge is 0.384 e. The van der Waals surface area contributed by atoms with Gasteiger partial charge in [0.15, 0.2) is 0 Å². The second kappa shape index (κ2) is 3.81. The van der Waals surface area contributed by atoms with Crippen LogP contribution in [0.1, 0.15) is 13.3 Å². The molecule has 0 aromatic rings. The number of hydrogen-bond donors (Lipinski definition) is 0. The third-order valence-corrected chi connectivity index (χ3v) is 1.03. The molecule has 0 amide bonds. The van der Waals surface area contributed by atoms with Gasteiger partial charge in [-0.15, -0.1) is 0 Å². The molecule has 0 aliphatic carbocycles. The van der Waals surface area contributed by atoms with Crippen LogP contribution in [0.3, 0.4) is 0 Å². The maximum absolute atomic E-state index is 11.6. The van der Waals surface area contributed by atoms with Crippen LogP contribution in [-0.2, 0) is 4.74 Å². The second-order valence-corrected chi connectivity index (χ2v) is 2.38. The fourth-order valence-electron chi connectivity index (χ4n) is 0.739. The zero-order chi connectivity index (χ0) is 8.20. The largest absolute Gasteiger partial charge is 0.389 e. The van der Waals surface area contributed by atoms with Gasteiger partial charge in [0.05, 0.1) is 0 Å².